The molecule has 2 unspecified atom stereocenters. The number of carbonyl (C=O) groups is 3. The Kier molecular flexibility index (Phi) is 6.46. The van der Waals surface area contributed by atoms with Crippen molar-refractivity contribution in [1.29, 1.82) is 0 Å². The highest BCUT2D eigenvalue weighted by molar-refractivity contribution is 9.10. The van der Waals surface area contributed by atoms with Crippen molar-refractivity contribution in [3.63, 3.8) is 0 Å². The van der Waals surface area contributed by atoms with Gasteiger partial charge >= 0.3 is 0 Å². The molecule has 0 bridgehead atoms. The number of anilines is 1. The van der Waals surface area contributed by atoms with Crippen molar-refractivity contribution < 1.29 is 14.4 Å². The predicted molar refractivity (Wildman–Crippen MR) is 111 cm³/mol. The molecule has 3 amide bonds. The normalized spacial score (nSPS) is 17.5. The first-order chi connectivity index (χ1) is 13.4. The van der Waals surface area contributed by atoms with E-state index < -0.39 is 0 Å². The lowest BCUT2D eigenvalue weighted by molar-refractivity contribution is -0.117. The van der Waals surface area contributed by atoms with Crippen molar-refractivity contribution in [3.05, 3.63) is 64.1 Å². The molecule has 2 aromatic rings. The molecule has 2 aromatic carbocycles. The molecule has 1 aliphatic carbocycles. The number of rotatable bonds is 7. The second kappa shape index (κ2) is 9.01. The highest BCUT2D eigenvalue weighted by atomic mass is 79.9. The Balaban J connectivity index is 1.45. The first kappa shape index (κ1) is 20.1. The summed E-state index contributed by atoms with van der Waals surface area (Å²) < 4.78 is 0.830. The van der Waals surface area contributed by atoms with Gasteiger partial charge in [-0.15, -0.1) is 0 Å². The van der Waals surface area contributed by atoms with Crippen LogP contribution in [0.4, 0.5) is 5.69 Å². The van der Waals surface area contributed by atoms with Crippen LogP contribution in [0.15, 0.2) is 53.0 Å². The summed E-state index contributed by atoms with van der Waals surface area (Å²) in [5.74, 6) is 0.0486. The summed E-state index contributed by atoms with van der Waals surface area (Å²) in [5.41, 5.74) is 1.62. The van der Waals surface area contributed by atoms with Crippen LogP contribution < -0.4 is 16.0 Å². The molecule has 3 rings (SSSR count). The van der Waals surface area contributed by atoms with Gasteiger partial charge < -0.3 is 16.0 Å². The summed E-state index contributed by atoms with van der Waals surface area (Å²) in [4.78, 5) is 36.4. The van der Waals surface area contributed by atoms with Gasteiger partial charge in [0.1, 0.15) is 0 Å². The van der Waals surface area contributed by atoms with E-state index in [0.29, 0.717) is 35.8 Å². The number of halogens is 1. The van der Waals surface area contributed by atoms with Gasteiger partial charge in [-0.05, 0) is 48.7 Å². The zero-order valence-corrected chi connectivity index (χ0v) is 17.1. The molecule has 0 heterocycles. The Morgan fingerprint density at radius 1 is 0.964 bits per heavy atom. The van der Waals surface area contributed by atoms with Gasteiger partial charge in [0.05, 0.1) is 0 Å². The number of nitrogens with one attached hydrogen (secondary N) is 3. The summed E-state index contributed by atoms with van der Waals surface area (Å²) in [6.07, 6.45) is 0.914. The summed E-state index contributed by atoms with van der Waals surface area (Å²) >= 11 is 3.33. The van der Waals surface area contributed by atoms with Crippen molar-refractivity contribution in [3.8, 4) is 0 Å². The van der Waals surface area contributed by atoms with Crippen LogP contribution in [0, 0.1) is 11.8 Å². The van der Waals surface area contributed by atoms with Crippen LogP contribution in [0.1, 0.15) is 34.1 Å². The quantitative estimate of drug-likeness (QED) is 0.574. The van der Waals surface area contributed by atoms with E-state index in [-0.39, 0.29) is 23.6 Å². The van der Waals surface area contributed by atoms with E-state index in [1.165, 1.54) is 0 Å². The topological polar surface area (TPSA) is 87.3 Å². The Morgan fingerprint density at radius 3 is 2.11 bits per heavy atom. The van der Waals surface area contributed by atoms with E-state index in [1.54, 1.807) is 42.5 Å². The second-order valence-corrected chi connectivity index (χ2v) is 7.83. The fraction of sp³-hybridized carbons (Fsp3) is 0.286. The standard InChI is InChI=1S/C21H22BrN3O3/c1-13-10-18(13)21(28)25-17-7-3-5-15(12-17)20(27)24-9-8-23-19(26)14-4-2-6-16(22)11-14/h2-7,11-13,18H,8-10H2,1H3,(H,23,26)(H,24,27)(H,25,28). The summed E-state index contributed by atoms with van der Waals surface area (Å²) in [6, 6.07) is 13.9. The third-order valence-corrected chi connectivity index (χ3v) is 5.11. The monoisotopic (exact) mass is 443 g/mol. The zero-order valence-electron chi connectivity index (χ0n) is 15.5. The van der Waals surface area contributed by atoms with Crippen molar-refractivity contribution in [1.82, 2.24) is 10.6 Å². The van der Waals surface area contributed by atoms with E-state index in [4.69, 9.17) is 0 Å². The van der Waals surface area contributed by atoms with Crippen molar-refractivity contribution in [2.45, 2.75) is 13.3 Å². The third-order valence-electron chi connectivity index (χ3n) is 4.62. The molecule has 3 N–H and O–H groups in total. The molecule has 0 aliphatic heterocycles. The predicted octanol–water partition coefficient (Wildman–Crippen LogP) is 3.20. The van der Waals surface area contributed by atoms with Crippen molar-refractivity contribution in [2.24, 2.45) is 11.8 Å². The molecule has 2 atom stereocenters. The number of benzene rings is 2. The maximum absolute atomic E-state index is 12.3. The molecule has 0 radical (unpaired) electrons. The Hall–Kier alpha value is -2.67. The molecular formula is C21H22BrN3O3. The Labute approximate surface area is 172 Å². The van der Waals surface area contributed by atoms with Crippen LogP contribution in [-0.4, -0.2) is 30.8 Å². The van der Waals surface area contributed by atoms with Crippen LogP contribution in [0.5, 0.6) is 0 Å². The van der Waals surface area contributed by atoms with E-state index >= 15 is 0 Å². The lowest BCUT2D eigenvalue weighted by Crippen LogP contribution is -2.34. The summed E-state index contributed by atoms with van der Waals surface area (Å²) in [5, 5.41) is 8.38. The Morgan fingerprint density at radius 2 is 1.54 bits per heavy atom. The summed E-state index contributed by atoms with van der Waals surface area (Å²) in [6.45, 7) is 2.66. The van der Waals surface area contributed by atoms with Gasteiger partial charge in [0.2, 0.25) is 5.91 Å². The van der Waals surface area contributed by atoms with Gasteiger partial charge in [-0.3, -0.25) is 14.4 Å². The average molecular weight is 444 g/mol. The van der Waals surface area contributed by atoms with Gasteiger partial charge in [0.25, 0.3) is 11.8 Å². The highest BCUT2D eigenvalue weighted by Gasteiger charge is 2.39. The molecule has 1 saturated carbocycles. The lowest BCUT2D eigenvalue weighted by atomic mass is 10.2. The Bertz CT molecular complexity index is 900. The van der Waals surface area contributed by atoms with Gasteiger partial charge in [-0.2, -0.15) is 0 Å². The van der Waals surface area contributed by atoms with E-state index in [2.05, 4.69) is 31.9 Å². The van der Waals surface area contributed by atoms with Crippen LogP contribution in [0.3, 0.4) is 0 Å². The average Bonchev–Trinajstić information content (AvgIpc) is 3.42. The van der Waals surface area contributed by atoms with E-state index in [9.17, 15) is 14.4 Å². The second-order valence-electron chi connectivity index (χ2n) is 6.91. The molecule has 6 nitrogen and oxygen atoms in total. The lowest BCUT2D eigenvalue weighted by Gasteiger charge is -2.09. The van der Waals surface area contributed by atoms with Gasteiger partial charge in [-0.25, -0.2) is 0 Å². The first-order valence-corrected chi connectivity index (χ1v) is 9.96. The van der Waals surface area contributed by atoms with E-state index in [0.717, 1.165) is 10.9 Å². The molecular weight excluding hydrogens is 422 g/mol. The number of carbonyl (C=O) groups excluding carboxylic acids is 3. The smallest absolute Gasteiger partial charge is 0.251 e. The van der Waals surface area contributed by atoms with Crippen LogP contribution >= 0.6 is 15.9 Å². The van der Waals surface area contributed by atoms with Crippen LogP contribution in [-0.2, 0) is 4.79 Å². The fourth-order valence-corrected chi connectivity index (χ4v) is 3.25. The molecule has 0 aromatic heterocycles. The largest absolute Gasteiger partial charge is 0.350 e. The van der Waals surface area contributed by atoms with Crippen molar-refractivity contribution >= 4 is 39.3 Å². The molecule has 0 saturated heterocycles. The zero-order chi connectivity index (χ0) is 20.1. The molecule has 1 aliphatic rings. The maximum atomic E-state index is 12.3. The van der Waals surface area contributed by atoms with Gasteiger partial charge in [-0.1, -0.05) is 35.0 Å². The molecule has 7 heteroatoms. The van der Waals surface area contributed by atoms with E-state index in [1.807, 2.05) is 13.0 Å². The molecule has 0 spiro atoms. The SMILES string of the molecule is CC1CC1C(=O)Nc1cccc(C(=O)NCCNC(=O)c2cccc(Br)c2)c1. The third kappa shape index (κ3) is 5.42. The number of amides is 3. The van der Waals surface area contributed by atoms with Gasteiger partial charge in [0.15, 0.2) is 0 Å². The number of hydrogen-bond acceptors (Lipinski definition) is 3. The molecule has 146 valence electrons. The van der Waals surface area contributed by atoms with Gasteiger partial charge in [0, 0.05) is 40.3 Å². The minimum absolute atomic E-state index is 0.000296. The number of hydrogen-bond donors (Lipinski definition) is 3. The van der Waals surface area contributed by atoms with Crippen LogP contribution in [0.25, 0.3) is 0 Å². The molecule has 28 heavy (non-hydrogen) atoms. The van der Waals surface area contributed by atoms with Crippen molar-refractivity contribution in [2.75, 3.05) is 18.4 Å². The maximum Gasteiger partial charge on any atom is 0.251 e. The fourth-order valence-electron chi connectivity index (χ4n) is 2.85. The molecule has 1 fully saturated rings. The minimum atomic E-state index is -0.257. The van der Waals surface area contributed by atoms with Crippen LogP contribution in [0.2, 0.25) is 0 Å². The summed E-state index contributed by atoms with van der Waals surface area (Å²) in [7, 11) is 0. The first-order valence-electron chi connectivity index (χ1n) is 9.17. The minimum Gasteiger partial charge on any atom is -0.350 e. The highest BCUT2D eigenvalue weighted by Crippen LogP contribution is 2.38.